The van der Waals surface area contributed by atoms with Gasteiger partial charge in [0, 0.05) is 17.8 Å². The number of ketones is 2. The van der Waals surface area contributed by atoms with Gasteiger partial charge in [-0.25, -0.2) is 0 Å². The molecule has 0 amide bonds. The standard InChI is InChI=1S/C28H39ClO4/c1-5-6-7-8-25(32)33-28(16(2)30)12-10-19-17-14-23(29)22-15-24(31)18-13-21(18)27(22,4)20(17)9-11-26(19,28)3/h15,17-21,23H,5-14H2,1-4H3/t17-,18?,19-,20+,21?,23+,26-,27+,28+/m0/s1. The monoisotopic (exact) mass is 474 g/mol. The van der Waals surface area contributed by atoms with Crippen LogP contribution < -0.4 is 0 Å². The number of allylic oxidation sites excluding steroid dienone is 1. The number of hydrogen-bond acceptors (Lipinski definition) is 4. The lowest BCUT2D eigenvalue weighted by atomic mass is 9.46. The molecule has 0 radical (unpaired) electrons. The Bertz CT molecular complexity index is 910. The minimum Gasteiger partial charge on any atom is -0.450 e. The molecule has 182 valence electrons. The molecule has 5 aliphatic carbocycles. The summed E-state index contributed by atoms with van der Waals surface area (Å²) in [7, 11) is 0. The smallest absolute Gasteiger partial charge is 0.306 e. The Labute approximate surface area is 203 Å². The van der Waals surface area contributed by atoms with E-state index >= 15 is 0 Å². The highest BCUT2D eigenvalue weighted by Gasteiger charge is 2.71. The zero-order chi connectivity index (χ0) is 23.8. The van der Waals surface area contributed by atoms with Gasteiger partial charge in [-0.3, -0.25) is 14.4 Å². The highest BCUT2D eigenvalue weighted by atomic mass is 35.5. The van der Waals surface area contributed by atoms with E-state index < -0.39 is 5.60 Å². The number of ether oxygens (including phenoxy) is 1. The molecule has 0 bridgehead atoms. The third kappa shape index (κ3) is 3.18. The molecule has 0 aromatic heterocycles. The summed E-state index contributed by atoms with van der Waals surface area (Å²) in [6.07, 6.45) is 10.4. The van der Waals surface area contributed by atoms with Crippen molar-refractivity contribution < 1.29 is 19.1 Å². The van der Waals surface area contributed by atoms with Gasteiger partial charge in [0.1, 0.15) is 0 Å². The first-order valence-electron chi connectivity index (χ1n) is 13.2. The predicted octanol–water partition coefficient (Wildman–Crippen LogP) is 6.04. The largest absolute Gasteiger partial charge is 0.450 e. The van der Waals surface area contributed by atoms with Crippen molar-refractivity contribution in [1.29, 1.82) is 0 Å². The molecule has 33 heavy (non-hydrogen) atoms. The van der Waals surface area contributed by atoms with E-state index in [0.29, 0.717) is 36.5 Å². The lowest BCUT2D eigenvalue weighted by Gasteiger charge is -2.60. The fourth-order valence-corrected chi connectivity index (χ4v) is 9.53. The van der Waals surface area contributed by atoms with Crippen molar-refractivity contribution in [2.45, 2.75) is 103 Å². The first-order valence-corrected chi connectivity index (χ1v) is 13.7. The minimum absolute atomic E-state index is 0.00495. The van der Waals surface area contributed by atoms with Crippen LogP contribution in [-0.2, 0) is 19.1 Å². The summed E-state index contributed by atoms with van der Waals surface area (Å²) in [5.74, 6) is 1.90. The van der Waals surface area contributed by atoms with Crippen molar-refractivity contribution in [3.63, 3.8) is 0 Å². The topological polar surface area (TPSA) is 60.4 Å². The van der Waals surface area contributed by atoms with Crippen LogP contribution in [0.5, 0.6) is 0 Å². The van der Waals surface area contributed by atoms with E-state index in [1.54, 1.807) is 6.92 Å². The van der Waals surface area contributed by atoms with Crippen LogP contribution in [-0.4, -0.2) is 28.5 Å². The molecule has 4 saturated carbocycles. The maximum absolute atomic E-state index is 13.2. The number of carbonyl (C=O) groups is 3. The molecule has 5 heteroatoms. The SMILES string of the molecule is CCCCCC(=O)O[C@@]1(C(C)=O)CC[C@H]2[C@@H]3C[C@@H](Cl)C4=CC(=O)C5CC5[C@@]4(C)[C@@H]3CC[C@@]21C. The van der Waals surface area contributed by atoms with Gasteiger partial charge in [-0.1, -0.05) is 33.6 Å². The lowest BCUT2D eigenvalue weighted by Crippen LogP contribution is -2.60. The van der Waals surface area contributed by atoms with Gasteiger partial charge in [-0.05, 0) is 92.6 Å². The van der Waals surface area contributed by atoms with E-state index in [9.17, 15) is 14.4 Å². The molecule has 5 rings (SSSR count). The quantitative estimate of drug-likeness (QED) is 0.267. The van der Waals surface area contributed by atoms with E-state index in [4.69, 9.17) is 16.3 Å². The summed E-state index contributed by atoms with van der Waals surface area (Å²) in [5.41, 5.74) is -0.179. The number of alkyl halides is 1. The Kier molecular flexibility index (Phi) is 5.67. The number of halogens is 1. The minimum atomic E-state index is -1.00. The zero-order valence-electron chi connectivity index (χ0n) is 20.6. The highest BCUT2D eigenvalue weighted by Crippen LogP contribution is 2.73. The van der Waals surface area contributed by atoms with Crippen molar-refractivity contribution in [1.82, 2.24) is 0 Å². The fraction of sp³-hybridized carbons (Fsp3) is 0.821. The number of hydrogen-bond donors (Lipinski definition) is 0. The van der Waals surface area contributed by atoms with Crippen LogP contribution in [0.15, 0.2) is 11.6 Å². The van der Waals surface area contributed by atoms with Crippen LogP contribution >= 0.6 is 11.6 Å². The van der Waals surface area contributed by atoms with E-state index in [1.165, 1.54) is 5.57 Å². The molecule has 4 fully saturated rings. The first kappa shape index (κ1) is 23.6. The van der Waals surface area contributed by atoms with Crippen molar-refractivity contribution in [2.24, 2.45) is 40.4 Å². The number of esters is 1. The van der Waals surface area contributed by atoms with Gasteiger partial charge >= 0.3 is 5.97 Å². The second-order valence-electron chi connectivity index (χ2n) is 12.1. The number of rotatable bonds is 6. The second-order valence-corrected chi connectivity index (χ2v) is 12.6. The van der Waals surface area contributed by atoms with Crippen LogP contribution in [0.2, 0.25) is 0 Å². The van der Waals surface area contributed by atoms with E-state index in [2.05, 4.69) is 20.8 Å². The molecule has 9 atom stereocenters. The molecule has 2 unspecified atom stereocenters. The summed E-state index contributed by atoms with van der Waals surface area (Å²) < 4.78 is 6.18. The normalized spacial score (nSPS) is 47.5. The van der Waals surface area contributed by atoms with E-state index in [1.807, 2.05) is 6.08 Å². The molecular formula is C28H39ClO4. The van der Waals surface area contributed by atoms with Crippen LogP contribution in [0.25, 0.3) is 0 Å². The first-order chi connectivity index (χ1) is 15.6. The number of carbonyl (C=O) groups excluding carboxylic acids is 3. The van der Waals surface area contributed by atoms with Crippen molar-refractivity contribution in [3.05, 3.63) is 11.6 Å². The Morgan fingerprint density at radius 1 is 1.09 bits per heavy atom. The summed E-state index contributed by atoms with van der Waals surface area (Å²) in [6.45, 7) is 8.31. The Morgan fingerprint density at radius 3 is 2.52 bits per heavy atom. The Hall–Kier alpha value is -1.16. The molecule has 0 heterocycles. The Morgan fingerprint density at radius 2 is 1.82 bits per heavy atom. The maximum atomic E-state index is 13.2. The highest BCUT2D eigenvalue weighted by molar-refractivity contribution is 6.23. The predicted molar refractivity (Wildman–Crippen MR) is 128 cm³/mol. The lowest BCUT2D eigenvalue weighted by molar-refractivity contribution is -0.189. The number of unbranched alkanes of at least 4 members (excludes halogenated alkanes) is 2. The van der Waals surface area contributed by atoms with Crippen LogP contribution in [0.4, 0.5) is 0 Å². The molecule has 4 nitrogen and oxygen atoms in total. The molecule has 0 aromatic carbocycles. The molecule has 0 saturated heterocycles. The molecule has 0 aromatic rings. The summed E-state index contributed by atoms with van der Waals surface area (Å²) in [4.78, 5) is 38.5. The van der Waals surface area contributed by atoms with Gasteiger partial charge in [0.25, 0.3) is 0 Å². The van der Waals surface area contributed by atoms with E-state index in [-0.39, 0.29) is 39.7 Å². The molecule has 0 aliphatic heterocycles. The van der Waals surface area contributed by atoms with Gasteiger partial charge in [0.15, 0.2) is 17.2 Å². The van der Waals surface area contributed by atoms with E-state index in [0.717, 1.165) is 51.4 Å². The molecule has 5 aliphatic rings. The van der Waals surface area contributed by atoms with Crippen molar-refractivity contribution >= 4 is 29.1 Å². The van der Waals surface area contributed by atoms with Crippen LogP contribution in [0.1, 0.15) is 91.9 Å². The summed E-state index contributed by atoms with van der Waals surface area (Å²) >= 11 is 7.00. The third-order valence-electron chi connectivity index (χ3n) is 10.8. The molecular weight excluding hydrogens is 436 g/mol. The van der Waals surface area contributed by atoms with Gasteiger partial charge in [-0.2, -0.15) is 0 Å². The van der Waals surface area contributed by atoms with Gasteiger partial charge in [-0.15, -0.1) is 11.6 Å². The zero-order valence-corrected chi connectivity index (χ0v) is 21.4. The van der Waals surface area contributed by atoms with Gasteiger partial charge in [0.2, 0.25) is 0 Å². The van der Waals surface area contributed by atoms with Crippen molar-refractivity contribution in [2.75, 3.05) is 0 Å². The second kappa shape index (κ2) is 7.93. The fourth-order valence-electron chi connectivity index (χ4n) is 9.03. The van der Waals surface area contributed by atoms with Crippen molar-refractivity contribution in [3.8, 4) is 0 Å². The summed E-state index contributed by atoms with van der Waals surface area (Å²) in [6, 6.07) is 0. The average Bonchev–Trinajstić information content (AvgIpc) is 3.51. The van der Waals surface area contributed by atoms with Crippen LogP contribution in [0.3, 0.4) is 0 Å². The maximum Gasteiger partial charge on any atom is 0.306 e. The average molecular weight is 475 g/mol. The Balaban J connectivity index is 1.45. The third-order valence-corrected chi connectivity index (χ3v) is 11.2. The molecule has 0 N–H and O–H groups in total. The number of Topliss-reactive ketones (excluding diaryl/α,β-unsaturated/α-hetero) is 1. The number of fused-ring (bicyclic) bond motifs is 7. The van der Waals surface area contributed by atoms with Gasteiger partial charge < -0.3 is 4.74 Å². The summed E-state index contributed by atoms with van der Waals surface area (Å²) in [5, 5.41) is -0.118. The van der Waals surface area contributed by atoms with Gasteiger partial charge in [0.05, 0.1) is 5.38 Å². The molecule has 0 spiro atoms. The van der Waals surface area contributed by atoms with Crippen LogP contribution in [0, 0.1) is 40.4 Å².